The van der Waals surface area contributed by atoms with Gasteiger partial charge in [0, 0.05) is 18.5 Å². The van der Waals surface area contributed by atoms with Crippen LogP contribution in [0.15, 0.2) is 66.7 Å². The lowest BCUT2D eigenvalue weighted by molar-refractivity contribution is -0.136. The largest absolute Gasteiger partial charge is 0.481 e. The number of nitrogens with one attached hydrogen (secondary N) is 1. The van der Waals surface area contributed by atoms with Gasteiger partial charge in [0.1, 0.15) is 0 Å². The van der Waals surface area contributed by atoms with Gasteiger partial charge in [-0.25, -0.2) is 0 Å². The molecule has 0 heterocycles. The molecule has 4 rings (SSSR count). The minimum absolute atomic E-state index is 0. The van der Waals surface area contributed by atoms with Crippen molar-refractivity contribution in [3.8, 4) is 0 Å². The zero-order valence-electron chi connectivity index (χ0n) is 17.4. The van der Waals surface area contributed by atoms with Crippen LogP contribution < -0.4 is 5.32 Å². The zero-order chi connectivity index (χ0) is 20.2. The second kappa shape index (κ2) is 10.1. The normalized spacial score (nSPS) is 19.4. The fraction of sp³-hybridized carbons (Fsp3) is 0.346. The number of carbonyl (C=O) groups is 1. The van der Waals surface area contributed by atoms with E-state index in [-0.39, 0.29) is 18.8 Å². The van der Waals surface area contributed by atoms with E-state index in [2.05, 4.69) is 79.0 Å². The Morgan fingerprint density at radius 1 is 1.03 bits per heavy atom. The van der Waals surface area contributed by atoms with Crippen LogP contribution in [0.1, 0.15) is 61.3 Å². The van der Waals surface area contributed by atoms with Gasteiger partial charge in [0.25, 0.3) is 0 Å². The zero-order valence-corrected chi connectivity index (χ0v) is 18.2. The highest BCUT2D eigenvalue weighted by Gasteiger charge is 2.27. The first-order valence-corrected chi connectivity index (χ1v) is 10.6. The van der Waals surface area contributed by atoms with Crippen LogP contribution in [0.25, 0.3) is 10.8 Å². The summed E-state index contributed by atoms with van der Waals surface area (Å²) in [6.07, 6.45) is 4.35. The van der Waals surface area contributed by atoms with E-state index < -0.39 is 5.97 Å². The lowest BCUT2D eigenvalue weighted by atomic mass is 9.95. The molecule has 3 nitrogen and oxygen atoms in total. The summed E-state index contributed by atoms with van der Waals surface area (Å²) < 4.78 is 0. The molecule has 0 amide bonds. The Morgan fingerprint density at radius 3 is 2.53 bits per heavy atom. The van der Waals surface area contributed by atoms with Crippen LogP contribution in [0.2, 0.25) is 0 Å². The van der Waals surface area contributed by atoms with E-state index in [0.29, 0.717) is 24.4 Å². The number of hydrogen-bond donors (Lipinski definition) is 2. The summed E-state index contributed by atoms with van der Waals surface area (Å²) in [4.78, 5) is 10.7. The van der Waals surface area contributed by atoms with Crippen LogP contribution in [0.5, 0.6) is 0 Å². The van der Waals surface area contributed by atoms with Crippen molar-refractivity contribution in [2.24, 2.45) is 0 Å². The first-order valence-electron chi connectivity index (χ1n) is 10.6. The smallest absolute Gasteiger partial charge is 0.303 e. The van der Waals surface area contributed by atoms with E-state index >= 15 is 0 Å². The van der Waals surface area contributed by atoms with E-state index in [4.69, 9.17) is 5.11 Å². The van der Waals surface area contributed by atoms with Crippen LogP contribution in [0.4, 0.5) is 0 Å². The van der Waals surface area contributed by atoms with Crippen LogP contribution in [-0.4, -0.2) is 17.1 Å². The number of fused-ring (bicyclic) bond motifs is 1. The maximum Gasteiger partial charge on any atom is 0.303 e. The molecule has 1 aliphatic carbocycles. The maximum absolute atomic E-state index is 10.7. The van der Waals surface area contributed by atoms with Crippen molar-refractivity contribution in [1.29, 1.82) is 0 Å². The highest BCUT2D eigenvalue weighted by atomic mass is 35.5. The van der Waals surface area contributed by atoms with Gasteiger partial charge < -0.3 is 10.4 Å². The van der Waals surface area contributed by atoms with E-state index in [9.17, 15) is 4.79 Å². The Bertz CT molecular complexity index is 980. The van der Waals surface area contributed by atoms with E-state index in [1.54, 1.807) is 0 Å². The number of halogens is 1. The van der Waals surface area contributed by atoms with Gasteiger partial charge in [0.15, 0.2) is 0 Å². The van der Waals surface area contributed by atoms with Crippen molar-refractivity contribution in [2.75, 3.05) is 0 Å². The predicted molar refractivity (Wildman–Crippen MR) is 126 cm³/mol. The van der Waals surface area contributed by atoms with Gasteiger partial charge >= 0.3 is 5.97 Å². The number of carboxylic acid groups (broad SMARTS) is 1. The van der Waals surface area contributed by atoms with Crippen molar-refractivity contribution in [3.05, 3.63) is 83.4 Å². The minimum atomic E-state index is -0.737. The summed E-state index contributed by atoms with van der Waals surface area (Å²) >= 11 is 0. The molecule has 0 radical (unpaired) electrons. The number of aliphatic carboxylic acids is 1. The molecule has 3 atom stereocenters. The molecule has 0 aromatic heterocycles. The third kappa shape index (κ3) is 5.21. The molecule has 2 N–H and O–H groups in total. The second-order valence-electron chi connectivity index (χ2n) is 8.30. The maximum atomic E-state index is 10.7. The molecule has 0 spiro atoms. The molecule has 3 aromatic rings. The molecular weight excluding hydrogens is 394 g/mol. The number of rotatable bonds is 7. The number of aryl methyl sites for hydroxylation is 1. The van der Waals surface area contributed by atoms with Gasteiger partial charge in [-0.15, -0.1) is 12.4 Å². The molecule has 3 aromatic carbocycles. The van der Waals surface area contributed by atoms with Gasteiger partial charge in [-0.2, -0.15) is 0 Å². The van der Waals surface area contributed by atoms with Gasteiger partial charge in [-0.1, -0.05) is 66.7 Å². The molecule has 1 fully saturated rings. The predicted octanol–water partition coefficient (Wildman–Crippen LogP) is 6.27. The van der Waals surface area contributed by atoms with Crippen LogP contribution in [0.3, 0.4) is 0 Å². The molecule has 0 aliphatic heterocycles. The fourth-order valence-electron chi connectivity index (χ4n) is 4.71. The fourth-order valence-corrected chi connectivity index (χ4v) is 4.71. The van der Waals surface area contributed by atoms with Crippen LogP contribution >= 0.6 is 12.4 Å². The van der Waals surface area contributed by atoms with Crippen LogP contribution in [0, 0.1) is 0 Å². The summed E-state index contributed by atoms with van der Waals surface area (Å²) in [6.45, 7) is 2.27. The second-order valence-corrected chi connectivity index (χ2v) is 8.30. The third-order valence-corrected chi connectivity index (χ3v) is 6.29. The Morgan fingerprint density at radius 2 is 1.77 bits per heavy atom. The van der Waals surface area contributed by atoms with Gasteiger partial charge in [-0.3, -0.25) is 4.79 Å². The average molecular weight is 424 g/mol. The topological polar surface area (TPSA) is 49.3 Å². The standard InChI is InChI=1S/C26H29NO2.ClH/c1-18(24-8-4-6-21-5-2-3-7-25(21)24)27-23-15-14-22(17-23)20-12-9-19(10-13-20)11-16-26(28)29;/h2-10,12-13,18,22-23,27H,11,14-17H2,1H3,(H,28,29);1H/t18-,22+,23+;/m1./s1. The lowest BCUT2D eigenvalue weighted by Gasteiger charge is -2.21. The van der Waals surface area contributed by atoms with Crippen LogP contribution in [-0.2, 0) is 11.2 Å². The first-order chi connectivity index (χ1) is 14.1. The summed E-state index contributed by atoms with van der Waals surface area (Å²) in [5.41, 5.74) is 3.86. The first kappa shape index (κ1) is 22.3. The molecule has 0 saturated heterocycles. The van der Waals surface area contributed by atoms with E-state index in [0.717, 1.165) is 12.0 Å². The van der Waals surface area contributed by atoms with Crippen molar-refractivity contribution in [3.63, 3.8) is 0 Å². The monoisotopic (exact) mass is 423 g/mol. The molecule has 30 heavy (non-hydrogen) atoms. The van der Waals surface area contributed by atoms with Crippen molar-refractivity contribution in [2.45, 2.75) is 57.0 Å². The minimum Gasteiger partial charge on any atom is -0.481 e. The Hall–Kier alpha value is -2.36. The highest BCUT2D eigenvalue weighted by Crippen LogP contribution is 2.36. The van der Waals surface area contributed by atoms with Crippen molar-refractivity contribution >= 4 is 29.1 Å². The molecular formula is C26H30ClNO2. The average Bonchev–Trinajstić information content (AvgIpc) is 3.20. The Labute approximate surface area is 184 Å². The molecule has 4 heteroatoms. The van der Waals surface area contributed by atoms with E-state index in [1.165, 1.54) is 34.7 Å². The Balaban J connectivity index is 0.00000256. The molecule has 158 valence electrons. The van der Waals surface area contributed by atoms with Crippen molar-refractivity contribution < 1.29 is 9.90 Å². The number of hydrogen-bond acceptors (Lipinski definition) is 2. The summed E-state index contributed by atoms with van der Waals surface area (Å²) in [6, 6.07) is 24.6. The van der Waals surface area contributed by atoms with Crippen molar-refractivity contribution in [1.82, 2.24) is 5.32 Å². The highest BCUT2D eigenvalue weighted by molar-refractivity contribution is 5.86. The van der Waals surface area contributed by atoms with Gasteiger partial charge in [0.2, 0.25) is 0 Å². The SMILES string of the molecule is C[C@@H](N[C@H]1CC[C@H](c2ccc(CCC(=O)O)cc2)C1)c1cccc2ccccc12.Cl. The van der Waals surface area contributed by atoms with Gasteiger partial charge in [-0.05, 0) is 66.0 Å². The third-order valence-electron chi connectivity index (χ3n) is 6.29. The van der Waals surface area contributed by atoms with Gasteiger partial charge in [0.05, 0.1) is 0 Å². The molecule has 0 bridgehead atoms. The molecule has 1 saturated carbocycles. The quantitative estimate of drug-likeness (QED) is 0.471. The Kier molecular flexibility index (Phi) is 7.52. The lowest BCUT2D eigenvalue weighted by Crippen LogP contribution is -2.29. The summed E-state index contributed by atoms with van der Waals surface area (Å²) in [5, 5.41) is 15.3. The van der Waals surface area contributed by atoms with E-state index in [1.807, 2.05) is 0 Å². The molecule has 1 aliphatic rings. The number of carboxylic acids is 1. The summed E-state index contributed by atoms with van der Waals surface area (Å²) in [5.74, 6) is -0.153. The molecule has 0 unspecified atom stereocenters. The summed E-state index contributed by atoms with van der Waals surface area (Å²) in [7, 11) is 0. The number of benzene rings is 3.